The Hall–Kier alpha value is -4.07. The number of aromatic nitrogens is 6. The minimum absolute atomic E-state index is 0.393. The van der Waals surface area contributed by atoms with Gasteiger partial charge in [-0.1, -0.05) is 19.1 Å². The molecule has 0 N–H and O–H groups in total. The summed E-state index contributed by atoms with van der Waals surface area (Å²) in [6, 6.07) is 15.0. The Labute approximate surface area is 171 Å². The Kier molecular flexibility index (Phi) is 4.24. The van der Waals surface area contributed by atoms with Crippen molar-refractivity contribution in [3.05, 3.63) is 83.0 Å². The molecular formula is C22H18N6O2. The average Bonchev–Trinajstić information content (AvgIpc) is 3.43. The Bertz CT molecular complexity index is 1400. The Morgan fingerprint density at radius 2 is 1.67 bits per heavy atom. The molecule has 2 aromatic carbocycles. The molecule has 8 heteroatoms. The lowest BCUT2D eigenvalue weighted by molar-refractivity contribution is 0.562. The van der Waals surface area contributed by atoms with Gasteiger partial charge in [-0.15, -0.1) is 10.2 Å². The van der Waals surface area contributed by atoms with E-state index in [1.54, 1.807) is 28.1 Å². The van der Waals surface area contributed by atoms with Crippen molar-refractivity contribution in [3.63, 3.8) is 0 Å². The summed E-state index contributed by atoms with van der Waals surface area (Å²) in [4.78, 5) is 14.2. The van der Waals surface area contributed by atoms with Gasteiger partial charge in [-0.05, 0) is 49.2 Å². The molecule has 0 aliphatic heterocycles. The molecule has 0 aliphatic rings. The summed E-state index contributed by atoms with van der Waals surface area (Å²) in [5, 5.41) is 17.4. The third-order valence-electron chi connectivity index (χ3n) is 5.06. The van der Waals surface area contributed by atoms with E-state index in [4.69, 9.17) is 4.42 Å². The van der Waals surface area contributed by atoms with Crippen LogP contribution in [0.3, 0.4) is 0 Å². The topological polar surface area (TPSA) is 91.6 Å². The van der Waals surface area contributed by atoms with Crippen LogP contribution >= 0.6 is 0 Å². The number of aryl methyl sites for hydroxylation is 2. The van der Waals surface area contributed by atoms with Gasteiger partial charge in [-0.3, -0.25) is 4.57 Å². The van der Waals surface area contributed by atoms with Gasteiger partial charge in [0.1, 0.15) is 18.2 Å². The van der Waals surface area contributed by atoms with E-state index in [2.05, 4.69) is 20.4 Å². The van der Waals surface area contributed by atoms with Gasteiger partial charge in [0.25, 0.3) is 0 Å². The minimum Gasteiger partial charge on any atom is -0.422 e. The van der Waals surface area contributed by atoms with Crippen LogP contribution in [0.15, 0.2) is 70.4 Å². The molecule has 148 valence electrons. The normalized spacial score (nSPS) is 11.3. The first-order valence-corrected chi connectivity index (χ1v) is 9.59. The summed E-state index contributed by atoms with van der Waals surface area (Å²) >= 11 is 0. The second kappa shape index (κ2) is 7.07. The molecule has 5 aromatic rings. The molecule has 0 amide bonds. The number of hydrogen-bond acceptors (Lipinski definition) is 6. The quantitative estimate of drug-likeness (QED) is 0.430. The molecule has 0 unspecified atom stereocenters. The summed E-state index contributed by atoms with van der Waals surface area (Å²) in [5.41, 5.74) is 4.89. The predicted molar refractivity (Wildman–Crippen MR) is 112 cm³/mol. The SMILES string of the molecule is CCc1nn(-c2ccc3cc(-c4ccc(-n5cnnc5)cc4)c(=O)oc3c2)nc1C. The summed E-state index contributed by atoms with van der Waals surface area (Å²) in [7, 11) is 0. The standard InChI is InChI=1S/C22H18N6O2/c1-3-20-14(2)25-28(26-20)18-9-6-16-10-19(22(29)30-21(16)11-18)15-4-7-17(8-5-15)27-12-23-24-13-27/h4-13H,3H2,1-2H3. The Morgan fingerprint density at radius 1 is 0.933 bits per heavy atom. The highest BCUT2D eigenvalue weighted by atomic mass is 16.4. The van der Waals surface area contributed by atoms with Crippen LogP contribution in [0.5, 0.6) is 0 Å². The first kappa shape index (κ1) is 18.0. The highest BCUT2D eigenvalue weighted by Gasteiger charge is 2.11. The van der Waals surface area contributed by atoms with E-state index >= 15 is 0 Å². The van der Waals surface area contributed by atoms with Crippen molar-refractivity contribution in [3.8, 4) is 22.5 Å². The number of rotatable bonds is 4. The van der Waals surface area contributed by atoms with Gasteiger partial charge in [0.15, 0.2) is 0 Å². The van der Waals surface area contributed by atoms with E-state index in [0.29, 0.717) is 11.1 Å². The summed E-state index contributed by atoms with van der Waals surface area (Å²) in [6.07, 6.45) is 4.06. The molecule has 8 nitrogen and oxygen atoms in total. The summed E-state index contributed by atoms with van der Waals surface area (Å²) in [6.45, 7) is 3.98. The van der Waals surface area contributed by atoms with Gasteiger partial charge < -0.3 is 4.42 Å². The first-order valence-electron chi connectivity index (χ1n) is 9.59. The van der Waals surface area contributed by atoms with Crippen LogP contribution in [0.2, 0.25) is 0 Å². The molecule has 0 fully saturated rings. The van der Waals surface area contributed by atoms with Crippen LogP contribution in [0.4, 0.5) is 0 Å². The molecule has 0 bridgehead atoms. The fourth-order valence-corrected chi connectivity index (χ4v) is 3.42. The second-order valence-electron chi connectivity index (χ2n) is 6.96. The fourth-order valence-electron chi connectivity index (χ4n) is 3.42. The van der Waals surface area contributed by atoms with E-state index in [1.165, 1.54) is 0 Å². The summed E-state index contributed by atoms with van der Waals surface area (Å²) < 4.78 is 7.42. The van der Waals surface area contributed by atoms with Gasteiger partial charge in [0.2, 0.25) is 0 Å². The number of nitrogens with zero attached hydrogens (tertiary/aromatic N) is 6. The van der Waals surface area contributed by atoms with Crippen molar-refractivity contribution in [2.75, 3.05) is 0 Å². The lowest BCUT2D eigenvalue weighted by atomic mass is 10.1. The zero-order chi connectivity index (χ0) is 20.7. The van der Waals surface area contributed by atoms with Crippen molar-refractivity contribution in [2.24, 2.45) is 0 Å². The molecule has 0 saturated carbocycles. The molecule has 0 aliphatic carbocycles. The molecule has 0 atom stereocenters. The monoisotopic (exact) mass is 398 g/mol. The first-order chi connectivity index (χ1) is 14.6. The van der Waals surface area contributed by atoms with E-state index < -0.39 is 5.63 Å². The van der Waals surface area contributed by atoms with Crippen LogP contribution in [0.1, 0.15) is 18.3 Å². The maximum absolute atomic E-state index is 12.7. The van der Waals surface area contributed by atoms with Crippen molar-refractivity contribution in [2.45, 2.75) is 20.3 Å². The zero-order valence-electron chi connectivity index (χ0n) is 16.5. The van der Waals surface area contributed by atoms with Crippen LogP contribution < -0.4 is 5.63 Å². The maximum atomic E-state index is 12.7. The lowest BCUT2D eigenvalue weighted by Gasteiger charge is -2.06. The van der Waals surface area contributed by atoms with Crippen molar-refractivity contribution in [1.29, 1.82) is 0 Å². The number of fused-ring (bicyclic) bond motifs is 1. The zero-order valence-corrected chi connectivity index (χ0v) is 16.5. The number of hydrogen-bond donors (Lipinski definition) is 0. The third-order valence-corrected chi connectivity index (χ3v) is 5.06. The molecule has 30 heavy (non-hydrogen) atoms. The highest BCUT2D eigenvalue weighted by molar-refractivity contribution is 5.83. The van der Waals surface area contributed by atoms with Gasteiger partial charge in [0, 0.05) is 17.1 Å². The van der Waals surface area contributed by atoms with Gasteiger partial charge >= 0.3 is 5.63 Å². The molecule has 3 heterocycles. The van der Waals surface area contributed by atoms with Crippen LogP contribution in [0.25, 0.3) is 33.5 Å². The predicted octanol–water partition coefficient (Wildman–Crippen LogP) is 3.49. The molecule has 3 aromatic heterocycles. The van der Waals surface area contributed by atoms with E-state index in [9.17, 15) is 4.79 Å². The fraction of sp³-hybridized carbons (Fsp3) is 0.136. The highest BCUT2D eigenvalue weighted by Crippen LogP contribution is 2.24. The average molecular weight is 398 g/mol. The number of benzene rings is 2. The van der Waals surface area contributed by atoms with Crippen LogP contribution in [-0.4, -0.2) is 29.8 Å². The molecule has 0 spiro atoms. The molecule has 5 rings (SSSR count). The smallest absolute Gasteiger partial charge is 0.344 e. The van der Waals surface area contributed by atoms with Gasteiger partial charge in [0.05, 0.1) is 22.6 Å². The minimum atomic E-state index is -0.393. The molecule has 0 saturated heterocycles. The second-order valence-corrected chi connectivity index (χ2v) is 6.96. The largest absolute Gasteiger partial charge is 0.422 e. The third kappa shape index (κ3) is 3.08. The lowest BCUT2D eigenvalue weighted by Crippen LogP contribution is -2.04. The Morgan fingerprint density at radius 3 is 2.37 bits per heavy atom. The maximum Gasteiger partial charge on any atom is 0.344 e. The van der Waals surface area contributed by atoms with Crippen molar-refractivity contribution < 1.29 is 4.42 Å². The van der Waals surface area contributed by atoms with Crippen LogP contribution in [-0.2, 0) is 6.42 Å². The molecule has 0 radical (unpaired) electrons. The molecular weight excluding hydrogens is 380 g/mol. The van der Waals surface area contributed by atoms with Crippen LogP contribution in [0, 0.1) is 6.92 Å². The van der Waals surface area contributed by atoms with Crippen molar-refractivity contribution >= 4 is 11.0 Å². The van der Waals surface area contributed by atoms with Gasteiger partial charge in [-0.2, -0.15) is 15.0 Å². The van der Waals surface area contributed by atoms with E-state index in [-0.39, 0.29) is 0 Å². The van der Waals surface area contributed by atoms with E-state index in [0.717, 1.165) is 40.1 Å². The van der Waals surface area contributed by atoms with E-state index in [1.807, 2.05) is 56.3 Å². The Balaban J connectivity index is 1.53. The summed E-state index contributed by atoms with van der Waals surface area (Å²) in [5.74, 6) is 0. The van der Waals surface area contributed by atoms with Gasteiger partial charge in [-0.25, -0.2) is 4.79 Å². The van der Waals surface area contributed by atoms with Crippen molar-refractivity contribution in [1.82, 2.24) is 29.8 Å².